The van der Waals surface area contributed by atoms with E-state index in [1.54, 1.807) is 24.4 Å². The number of hydrogen-bond acceptors (Lipinski definition) is 6. The van der Waals surface area contributed by atoms with E-state index in [0.717, 1.165) is 11.8 Å². The van der Waals surface area contributed by atoms with Gasteiger partial charge in [0.2, 0.25) is 0 Å². The molecule has 2 heterocycles. The molecule has 0 unspecified atom stereocenters. The van der Waals surface area contributed by atoms with Crippen LogP contribution < -0.4 is 10.5 Å². The fraction of sp³-hybridized carbons (Fsp3) is 0.429. The van der Waals surface area contributed by atoms with Crippen molar-refractivity contribution in [2.75, 3.05) is 32.5 Å². The average Bonchev–Trinajstić information content (AvgIpc) is 2.92. The van der Waals surface area contributed by atoms with E-state index in [0.29, 0.717) is 78.1 Å². The number of fused-ring (bicyclic) bond motifs is 1. The molecule has 6 nitrogen and oxygen atoms in total. The van der Waals surface area contributed by atoms with Crippen LogP contribution in [-0.2, 0) is 11.3 Å². The molecule has 0 spiro atoms. The van der Waals surface area contributed by atoms with Crippen molar-refractivity contribution in [3.05, 3.63) is 65.1 Å². The van der Waals surface area contributed by atoms with Crippen molar-refractivity contribution in [1.29, 1.82) is 0 Å². The maximum absolute atomic E-state index is 15.8. The number of methoxy groups -OCH3 is 1. The third-order valence-corrected chi connectivity index (χ3v) is 8.56. The lowest BCUT2D eigenvalue weighted by Gasteiger charge is -2.39. The first-order valence-corrected chi connectivity index (χ1v) is 13.7. The van der Waals surface area contributed by atoms with Crippen LogP contribution in [0.25, 0.3) is 10.9 Å². The Balaban J connectivity index is 1.39. The lowest BCUT2D eigenvalue weighted by Crippen LogP contribution is -2.45. The summed E-state index contributed by atoms with van der Waals surface area (Å²) >= 11 is 0.952. The number of halogens is 4. The van der Waals surface area contributed by atoms with E-state index in [1.807, 2.05) is 4.90 Å². The second-order valence-electron chi connectivity index (χ2n) is 9.76. The Labute approximate surface area is 228 Å². The molecule has 0 bridgehead atoms. The van der Waals surface area contributed by atoms with Gasteiger partial charge < -0.3 is 20.5 Å². The number of pyridine rings is 1. The number of carboxylic acids is 1. The fourth-order valence-corrected chi connectivity index (χ4v) is 6.11. The van der Waals surface area contributed by atoms with Gasteiger partial charge in [-0.3, -0.25) is 9.78 Å². The predicted octanol–water partition coefficient (Wildman–Crippen LogP) is 5.87. The zero-order valence-electron chi connectivity index (χ0n) is 21.6. The zero-order chi connectivity index (χ0) is 28.2. The van der Waals surface area contributed by atoms with Gasteiger partial charge in [-0.15, -0.1) is 11.8 Å². The monoisotopic (exact) mass is 565 g/mol. The van der Waals surface area contributed by atoms with Crippen molar-refractivity contribution in [2.45, 2.75) is 43.3 Å². The van der Waals surface area contributed by atoms with Crippen molar-refractivity contribution >= 4 is 28.6 Å². The van der Waals surface area contributed by atoms with Crippen LogP contribution >= 0.6 is 11.8 Å². The van der Waals surface area contributed by atoms with Gasteiger partial charge in [0, 0.05) is 48.1 Å². The number of aromatic nitrogens is 1. The second kappa shape index (κ2) is 12.5. The van der Waals surface area contributed by atoms with E-state index in [1.165, 1.54) is 7.11 Å². The SMILES string of the molecule is COc1ccc2ncc(CN)c([C@H](F)CCC3(C(=O)O)CCN(CCSc4c(F)cc(F)cc4F)CC3)c2c1. The van der Waals surface area contributed by atoms with E-state index in [4.69, 9.17) is 10.5 Å². The minimum Gasteiger partial charge on any atom is -0.497 e. The van der Waals surface area contributed by atoms with Gasteiger partial charge in [0.1, 0.15) is 29.4 Å². The maximum atomic E-state index is 15.8. The Hall–Kier alpha value is -2.89. The molecule has 1 saturated heterocycles. The third kappa shape index (κ3) is 6.47. The van der Waals surface area contributed by atoms with Crippen molar-refractivity contribution in [2.24, 2.45) is 11.1 Å². The van der Waals surface area contributed by atoms with Crippen LogP contribution in [-0.4, -0.2) is 53.5 Å². The molecule has 4 rings (SSSR count). The molecule has 0 amide bonds. The third-order valence-electron chi connectivity index (χ3n) is 7.49. The van der Waals surface area contributed by atoms with Crippen molar-refractivity contribution in [3.8, 4) is 5.75 Å². The zero-order valence-corrected chi connectivity index (χ0v) is 22.4. The van der Waals surface area contributed by atoms with E-state index < -0.39 is 35.0 Å². The molecule has 1 aromatic heterocycles. The first kappa shape index (κ1) is 29.1. The number of rotatable bonds is 11. The van der Waals surface area contributed by atoms with Gasteiger partial charge in [-0.2, -0.15) is 0 Å². The number of hydrogen-bond donors (Lipinski definition) is 2. The summed E-state index contributed by atoms with van der Waals surface area (Å²) in [6.45, 7) is 1.50. The average molecular weight is 566 g/mol. The molecule has 1 fully saturated rings. The summed E-state index contributed by atoms with van der Waals surface area (Å²) in [4.78, 5) is 18.5. The Kier molecular flexibility index (Phi) is 9.35. The Bertz CT molecular complexity index is 1310. The molecule has 0 saturated carbocycles. The molecule has 2 aromatic carbocycles. The number of nitrogens with zero attached hydrogens (tertiary/aromatic N) is 2. The quantitative estimate of drug-likeness (QED) is 0.222. The summed E-state index contributed by atoms with van der Waals surface area (Å²) in [5, 5.41) is 10.7. The molecule has 3 N–H and O–H groups in total. The van der Waals surface area contributed by atoms with Crippen LogP contribution in [0, 0.1) is 22.9 Å². The minimum absolute atomic E-state index is 0.00853. The van der Waals surface area contributed by atoms with Gasteiger partial charge in [0.05, 0.1) is 22.9 Å². The number of carboxylic acid groups (broad SMARTS) is 1. The number of thioether (sulfide) groups is 1. The smallest absolute Gasteiger partial charge is 0.309 e. The number of ether oxygens (including phenoxy) is 1. The van der Waals surface area contributed by atoms with E-state index in [9.17, 15) is 23.1 Å². The molecule has 39 heavy (non-hydrogen) atoms. The van der Waals surface area contributed by atoms with Crippen LogP contribution in [0.1, 0.15) is 43.0 Å². The Morgan fingerprint density at radius 2 is 1.90 bits per heavy atom. The van der Waals surface area contributed by atoms with Crippen molar-refractivity contribution in [3.63, 3.8) is 0 Å². The number of nitrogens with two attached hydrogens (primary N) is 1. The molecule has 3 aromatic rings. The van der Waals surface area contributed by atoms with Crippen LogP contribution in [0.5, 0.6) is 5.75 Å². The highest BCUT2D eigenvalue weighted by molar-refractivity contribution is 7.99. The number of piperidine rings is 1. The Morgan fingerprint density at radius 1 is 1.21 bits per heavy atom. The number of aliphatic carboxylic acids is 1. The first-order valence-electron chi connectivity index (χ1n) is 12.7. The summed E-state index contributed by atoms with van der Waals surface area (Å²) in [6, 6.07) is 6.50. The minimum atomic E-state index is -1.44. The summed E-state index contributed by atoms with van der Waals surface area (Å²) in [5.74, 6) is -2.90. The molecular weight excluding hydrogens is 534 g/mol. The number of carbonyl (C=O) groups is 1. The number of likely N-dealkylation sites (tertiary alicyclic amines) is 1. The van der Waals surface area contributed by atoms with Gasteiger partial charge in [-0.25, -0.2) is 17.6 Å². The highest BCUT2D eigenvalue weighted by Gasteiger charge is 2.41. The topological polar surface area (TPSA) is 88.7 Å². The maximum Gasteiger partial charge on any atom is 0.309 e. The molecule has 210 valence electrons. The van der Waals surface area contributed by atoms with Gasteiger partial charge >= 0.3 is 5.97 Å². The van der Waals surface area contributed by atoms with Crippen LogP contribution in [0.15, 0.2) is 41.4 Å². The lowest BCUT2D eigenvalue weighted by molar-refractivity contribution is -0.153. The molecular formula is C28H31F4N3O3S. The molecule has 0 aliphatic carbocycles. The summed E-state index contributed by atoms with van der Waals surface area (Å²) < 4.78 is 62.0. The largest absolute Gasteiger partial charge is 0.497 e. The highest BCUT2D eigenvalue weighted by atomic mass is 32.2. The summed E-state index contributed by atoms with van der Waals surface area (Å²) in [7, 11) is 1.52. The molecule has 1 aliphatic rings. The molecule has 11 heteroatoms. The van der Waals surface area contributed by atoms with Crippen LogP contribution in [0.4, 0.5) is 17.6 Å². The number of benzene rings is 2. The van der Waals surface area contributed by atoms with Gasteiger partial charge in [-0.1, -0.05) is 0 Å². The van der Waals surface area contributed by atoms with Crippen LogP contribution in [0.2, 0.25) is 0 Å². The van der Waals surface area contributed by atoms with E-state index in [-0.39, 0.29) is 24.3 Å². The van der Waals surface area contributed by atoms with E-state index >= 15 is 4.39 Å². The van der Waals surface area contributed by atoms with E-state index in [2.05, 4.69) is 4.98 Å². The van der Waals surface area contributed by atoms with Crippen LogP contribution in [0.3, 0.4) is 0 Å². The number of alkyl halides is 1. The highest BCUT2D eigenvalue weighted by Crippen LogP contribution is 2.41. The summed E-state index contributed by atoms with van der Waals surface area (Å²) in [5.41, 5.74) is 6.38. The van der Waals surface area contributed by atoms with Gasteiger partial charge in [-0.05, 0) is 62.5 Å². The molecule has 0 radical (unpaired) electrons. The van der Waals surface area contributed by atoms with Crippen molar-refractivity contribution in [1.82, 2.24) is 9.88 Å². The second-order valence-corrected chi connectivity index (χ2v) is 10.9. The summed E-state index contributed by atoms with van der Waals surface area (Å²) in [6.07, 6.45) is 0.933. The normalized spacial score (nSPS) is 16.4. The lowest BCUT2D eigenvalue weighted by atomic mass is 9.74. The van der Waals surface area contributed by atoms with Gasteiger partial charge in [0.25, 0.3) is 0 Å². The standard InChI is InChI=1S/C28H31F4N3O3S/c1-38-19-2-3-24-20(14-19)25(17(15-33)16-34-24)21(30)4-5-28(27(36)37)6-8-35(9-7-28)10-11-39-26-22(31)12-18(29)13-23(26)32/h2-3,12-14,16,21H,4-11,15,33H2,1H3,(H,36,37)/t21-/m1/s1. The Morgan fingerprint density at radius 3 is 2.51 bits per heavy atom. The fourth-order valence-electron chi connectivity index (χ4n) is 5.16. The van der Waals surface area contributed by atoms with Crippen molar-refractivity contribution < 1.29 is 32.2 Å². The first-order chi connectivity index (χ1) is 18.7. The molecule has 1 aliphatic heterocycles. The van der Waals surface area contributed by atoms with Gasteiger partial charge in [0.15, 0.2) is 0 Å². The predicted molar refractivity (Wildman–Crippen MR) is 142 cm³/mol. The molecule has 1 atom stereocenters.